The topological polar surface area (TPSA) is 98.2 Å². The summed E-state index contributed by atoms with van der Waals surface area (Å²) in [4.78, 5) is 49.6. The molecule has 128 valence electrons. The Labute approximate surface area is 145 Å². The van der Waals surface area contributed by atoms with Gasteiger partial charge in [-0.25, -0.2) is 4.68 Å². The van der Waals surface area contributed by atoms with Crippen LogP contribution in [0, 0.1) is 6.92 Å². The zero-order chi connectivity index (χ0) is 18.0. The number of aryl methyl sites for hydroxylation is 1. The van der Waals surface area contributed by atoms with E-state index in [1.165, 1.54) is 23.5 Å². The number of rotatable bonds is 5. The fraction of sp³-hybridized carbons (Fsp3) is 0.176. The van der Waals surface area contributed by atoms with E-state index in [-0.39, 0.29) is 16.6 Å². The number of aromatic nitrogens is 2. The van der Waals surface area contributed by atoms with Gasteiger partial charge in [0.25, 0.3) is 11.1 Å². The van der Waals surface area contributed by atoms with Crippen LogP contribution in [-0.4, -0.2) is 28.1 Å². The first-order chi connectivity index (χ1) is 12.0. The van der Waals surface area contributed by atoms with Crippen molar-refractivity contribution in [1.82, 2.24) is 9.78 Å². The molecular weight excluding hydrogens is 344 g/mol. The molecule has 1 N–H and O–H groups in total. The summed E-state index contributed by atoms with van der Waals surface area (Å²) < 4.78 is 5.80. The molecule has 0 bridgehead atoms. The molecule has 0 unspecified atom stereocenters. The number of ether oxygens (including phenoxy) is 1. The molecule has 0 aliphatic rings. The molecule has 0 amide bonds. The number of nitrogens with one attached hydrogen (secondary N) is 1. The molecule has 0 radical (unpaired) electrons. The van der Waals surface area contributed by atoms with Crippen LogP contribution in [0.4, 0.5) is 0 Å². The molecular formula is C17H14N2O5S. The molecule has 3 rings (SSSR count). The maximum absolute atomic E-state index is 12.3. The molecule has 0 fully saturated rings. The Morgan fingerprint density at radius 2 is 1.84 bits per heavy atom. The number of H-pyrrole nitrogens is 1. The standard InChI is InChI=1S/C17H14N2O5S/c1-10-6-7-14(25-10)13(20)9-24-15(21)8-19-17(23)12-5-3-2-4-11(12)16(22)18-19/h2-7H,8-9H2,1H3,(H,18,22). The van der Waals surface area contributed by atoms with Gasteiger partial charge < -0.3 is 4.74 Å². The highest BCUT2D eigenvalue weighted by molar-refractivity contribution is 7.14. The van der Waals surface area contributed by atoms with Crippen molar-refractivity contribution in [2.24, 2.45) is 0 Å². The predicted octanol–water partition coefficient (Wildman–Crippen LogP) is 1.49. The number of carbonyl (C=O) groups excluding carboxylic acids is 2. The lowest BCUT2D eigenvalue weighted by molar-refractivity contribution is -0.143. The van der Waals surface area contributed by atoms with Gasteiger partial charge in [-0.3, -0.25) is 24.3 Å². The third kappa shape index (κ3) is 3.58. The number of fused-ring (bicyclic) bond motifs is 1. The molecule has 0 saturated heterocycles. The fourth-order valence-electron chi connectivity index (χ4n) is 2.33. The highest BCUT2D eigenvalue weighted by atomic mass is 32.1. The number of nitrogens with zero attached hydrogens (tertiary/aromatic N) is 1. The molecule has 0 atom stereocenters. The second-order valence-corrected chi connectivity index (χ2v) is 6.66. The van der Waals surface area contributed by atoms with Gasteiger partial charge in [0.05, 0.1) is 15.6 Å². The summed E-state index contributed by atoms with van der Waals surface area (Å²) in [5.41, 5.74) is -0.986. The first kappa shape index (κ1) is 16.8. The van der Waals surface area contributed by atoms with Crippen LogP contribution in [0.15, 0.2) is 46.0 Å². The third-order valence-corrected chi connectivity index (χ3v) is 4.59. The summed E-state index contributed by atoms with van der Waals surface area (Å²) >= 11 is 1.31. The van der Waals surface area contributed by atoms with E-state index in [1.54, 1.807) is 24.3 Å². The van der Waals surface area contributed by atoms with Crippen LogP contribution in [0.25, 0.3) is 10.8 Å². The van der Waals surface area contributed by atoms with Crippen LogP contribution in [0.1, 0.15) is 14.5 Å². The maximum atomic E-state index is 12.3. The second kappa shape index (κ2) is 6.86. The minimum absolute atomic E-state index is 0.212. The number of thiophene rings is 1. The van der Waals surface area contributed by atoms with Crippen molar-refractivity contribution in [3.63, 3.8) is 0 Å². The van der Waals surface area contributed by atoms with Crippen LogP contribution in [0.5, 0.6) is 0 Å². The molecule has 7 nitrogen and oxygen atoms in total. The Morgan fingerprint density at radius 3 is 2.52 bits per heavy atom. The van der Waals surface area contributed by atoms with Gasteiger partial charge in [0, 0.05) is 4.88 Å². The van der Waals surface area contributed by atoms with E-state index in [0.717, 1.165) is 9.56 Å². The molecule has 25 heavy (non-hydrogen) atoms. The van der Waals surface area contributed by atoms with E-state index in [0.29, 0.717) is 4.88 Å². The van der Waals surface area contributed by atoms with E-state index < -0.39 is 30.2 Å². The average molecular weight is 358 g/mol. The first-order valence-electron chi connectivity index (χ1n) is 7.43. The molecule has 1 aromatic carbocycles. The van der Waals surface area contributed by atoms with Crippen molar-refractivity contribution in [3.05, 3.63) is 66.9 Å². The molecule has 0 aliphatic carbocycles. The molecule has 2 heterocycles. The summed E-state index contributed by atoms with van der Waals surface area (Å²) in [6, 6.07) is 9.79. The van der Waals surface area contributed by atoms with Crippen molar-refractivity contribution in [1.29, 1.82) is 0 Å². The minimum Gasteiger partial charge on any atom is -0.456 e. The average Bonchev–Trinajstić information content (AvgIpc) is 3.04. The third-order valence-electron chi connectivity index (χ3n) is 3.55. The van der Waals surface area contributed by atoms with Gasteiger partial charge in [0.2, 0.25) is 5.78 Å². The van der Waals surface area contributed by atoms with Crippen LogP contribution in [-0.2, 0) is 16.1 Å². The summed E-state index contributed by atoms with van der Waals surface area (Å²) in [7, 11) is 0. The number of hydrogen-bond donors (Lipinski definition) is 1. The number of aromatic amines is 1. The Kier molecular flexibility index (Phi) is 4.62. The Bertz CT molecular complexity index is 1080. The van der Waals surface area contributed by atoms with Gasteiger partial charge in [-0.05, 0) is 31.2 Å². The van der Waals surface area contributed by atoms with E-state index in [9.17, 15) is 19.2 Å². The van der Waals surface area contributed by atoms with Gasteiger partial charge in [0.1, 0.15) is 6.54 Å². The number of Topliss-reactive ketones (excluding diaryl/α,β-unsaturated/α-hetero) is 1. The monoisotopic (exact) mass is 358 g/mol. The Balaban J connectivity index is 1.72. The normalized spacial score (nSPS) is 10.8. The molecule has 8 heteroatoms. The predicted molar refractivity (Wildman–Crippen MR) is 93.2 cm³/mol. The minimum atomic E-state index is -0.783. The highest BCUT2D eigenvalue weighted by Gasteiger charge is 2.14. The number of benzene rings is 1. The van der Waals surface area contributed by atoms with E-state index in [1.807, 2.05) is 6.92 Å². The van der Waals surface area contributed by atoms with Crippen molar-refractivity contribution >= 4 is 33.9 Å². The Hall–Kier alpha value is -3.00. The van der Waals surface area contributed by atoms with Crippen molar-refractivity contribution in [3.8, 4) is 0 Å². The van der Waals surface area contributed by atoms with Crippen LogP contribution >= 0.6 is 11.3 Å². The SMILES string of the molecule is Cc1ccc(C(=O)COC(=O)Cn2[nH]c(=O)c3ccccc3c2=O)s1. The molecule has 0 aliphatic heterocycles. The number of esters is 1. The van der Waals surface area contributed by atoms with Gasteiger partial charge in [-0.2, -0.15) is 0 Å². The van der Waals surface area contributed by atoms with Gasteiger partial charge in [0.15, 0.2) is 6.61 Å². The molecule has 0 spiro atoms. The fourth-order valence-corrected chi connectivity index (χ4v) is 3.13. The maximum Gasteiger partial charge on any atom is 0.328 e. The van der Waals surface area contributed by atoms with E-state index >= 15 is 0 Å². The quantitative estimate of drug-likeness (QED) is 0.550. The largest absolute Gasteiger partial charge is 0.456 e. The zero-order valence-electron chi connectivity index (χ0n) is 13.3. The van der Waals surface area contributed by atoms with Gasteiger partial charge in [-0.15, -0.1) is 11.3 Å². The van der Waals surface area contributed by atoms with Crippen LogP contribution in [0.2, 0.25) is 0 Å². The van der Waals surface area contributed by atoms with Gasteiger partial charge in [-0.1, -0.05) is 12.1 Å². The number of ketones is 1. The highest BCUT2D eigenvalue weighted by Crippen LogP contribution is 2.15. The lowest BCUT2D eigenvalue weighted by Gasteiger charge is -2.07. The van der Waals surface area contributed by atoms with E-state index in [2.05, 4.69) is 5.10 Å². The summed E-state index contributed by atoms with van der Waals surface area (Å²) in [5.74, 6) is -1.10. The summed E-state index contributed by atoms with van der Waals surface area (Å²) in [5, 5.41) is 2.80. The Morgan fingerprint density at radius 1 is 1.12 bits per heavy atom. The number of hydrogen-bond acceptors (Lipinski definition) is 6. The lowest BCUT2D eigenvalue weighted by atomic mass is 10.2. The van der Waals surface area contributed by atoms with Crippen molar-refractivity contribution in [2.45, 2.75) is 13.5 Å². The van der Waals surface area contributed by atoms with Crippen molar-refractivity contribution < 1.29 is 14.3 Å². The van der Waals surface area contributed by atoms with E-state index in [4.69, 9.17) is 4.74 Å². The van der Waals surface area contributed by atoms with Crippen molar-refractivity contribution in [2.75, 3.05) is 6.61 Å². The van der Waals surface area contributed by atoms with Gasteiger partial charge >= 0.3 is 5.97 Å². The summed E-state index contributed by atoms with van der Waals surface area (Å²) in [6.45, 7) is 0.983. The molecule has 0 saturated carbocycles. The van der Waals surface area contributed by atoms with Crippen LogP contribution in [0.3, 0.4) is 0 Å². The second-order valence-electron chi connectivity index (χ2n) is 5.37. The smallest absolute Gasteiger partial charge is 0.328 e. The molecule has 2 aromatic heterocycles. The number of carbonyl (C=O) groups is 2. The van der Waals surface area contributed by atoms with Crippen LogP contribution < -0.4 is 11.1 Å². The molecule has 3 aromatic rings. The zero-order valence-corrected chi connectivity index (χ0v) is 14.1. The summed E-state index contributed by atoms with van der Waals surface area (Å²) in [6.07, 6.45) is 0. The first-order valence-corrected chi connectivity index (χ1v) is 8.24. The lowest BCUT2D eigenvalue weighted by Crippen LogP contribution is -2.33.